The van der Waals surface area contributed by atoms with Gasteiger partial charge < -0.3 is 0 Å². The van der Waals surface area contributed by atoms with Gasteiger partial charge in [0.1, 0.15) is 11.0 Å². The van der Waals surface area contributed by atoms with Crippen molar-refractivity contribution in [2.24, 2.45) is 5.92 Å². The molecule has 0 amide bonds. The highest BCUT2D eigenvalue weighted by atomic mass is 35.5. The van der Waals surface area contributed by atoms with Crippen molar-refractivity contribution in [3.63, 3.8) is 0 Å². The lowest BCUT2D eigenvalue weighted by molar-refractivity contribution is 0.307. The zero-order valence-corrected chi connectivity index (χ0v) is 10.7. The number of likely N-dealkylation sites (tertiary alicyclic amines) is 1. The number of halogens is 1. The molecule has 1 fully saturated rings. The summed E-state index contributed by atoms with van der Waals surface area (Å²) in [5, 5.41) is 0.550. The summed E-state index contributed by atoms with van der Waals surface area (Å²) in [5.74, 6) is 1.70. The minimum Gasteiger partial charge on any atom is -0.296 e. The largest absolute Gasteiger partial charge is 0.296 e. The van der Waals surface area contributed by atoms with Crippen LogP contribution in [0.2, 0.25) is 5.15 Å². The second-order valence-corrected chi connectivity index (χ2v) is 4.93. The van der Waals surface area contributed by atoms with Crippen LogP contribution < -0.4 is 0 Å². The number of aryl methyl sites for hydroxylation is 1. The molecule has 0 bridgehead atoms. The van der Waals surface area contributed by atoms with Gasteiger partial charge in [0.2, 0.25) is 0 Å². The van der Waals surface area contributed by atoms with Crippen LogP contribution in [-0.2, 0) is 6.54 Å². The predicted molar refractivity (Wildman–Crippen MR) is 65.5 cm³/mol. The van der Waals surface area contributed by atoms with Crippen molar-refractivity contribution in [2.45, 2.75) is 33.2 Å². The Labute approximate surface area is 102 Å². The van der Waals surface area contributed by atoms with Crippen molar-refractivity contribution < 1.29 is 0 Å². The molecule has 0 aromatic carbocycles. The van der Waals surface area contributed by atoms with Crippen LogP contribution in [0.25, 0.3) is 0 Å². The summed E-state index contributed by atoms with van der Waals surface area (Å²) in [7, 11) is 0. The van der Waals surface area contributed by atoms with Crippen LogP contribution in [0.4, 0.5) is 0 Å². The summed E-state index contributed by atoms with van der Waals surface area (Å²) in [4.78, 5) is 11.1. The number of hydrogen-bond acceptors (Lipinski definition) is 3. The molecule has 1 saturated heterocycles. The second-order valence-electron chi connectivity index (χ2n) is 4.55. The molecule has 2 rings (SSSR count). The lowest BCUT2D eigenvalue weighted by Crippen LogP contribution is -2.21. The monoisotopic (exact) mass is 239 g/mol. The summed E-state index contributed by atoms with van der Waals surface area (Å²) in [5.41, 5.74) is 0.946. The highest BCUT2D eigenvalue weighted by molar-refractivity contribution is 6.29. The Morgan fingerprint density at radius 2 is 2.31 bits per heavy atom. The van der Waals surface area contributed by atoms with E-state index in [-0.39, 0.29) is 0 Å². The fraction of sp³-hybridized carbons (Fsp3) is 0.667. The Balaban J connectivity index is 1.99. The summed E-state index contributed by atoms with van der Waals surface area (Å²) >= 11 is 5.92. The molecule has 4 heteroatoms. The fourth-order valence-corrected chi connectivity index (χ4v) is 2.50. The fourth-order valence-electron chi connectivity index (χ4n) is 2.25. The Morgan fingerprint density at radius 1 is 1.50 bits per heavy atom. The summed E-state index contributed by atoms with van der Waals surface area (Å²) in [6.45, 7) is 7.38. The Hall–Kier alpha value is -0.670. The summed E-state index contributed by atoms with van der Waals surface area (Å²) < 4.78 is 0. The van der Waals surface area contributed by atoms with E-state index in [1.807, 2.05) is 6.92 Å². The molecule has 16 heavy (non-hydrogen) atoms. The smallest absolute Gasteiger partial charge is 0.144 e. The van der Waals surface area contributed by atoms with Gasteiger partial charge in [0, 0.05) is 12.2 Å². The molecule has 1 atom stereocenters. The molecule has 0 saturated carbocycles. The van der Waals surface area contributed by atoms with E-state index < -0.39 is 0 Å². The molecule has 88 valence electrons. The van der Waals surface area contributed by atoms with Crippen molar-refractivity contribution in [3.05, 3.63) is 22.7 Å². The van der Waals surface area contributed by atoms with Crippen LogP contribution in [0.1, 0.15) is 31.3 Å². The van der Waals surface area contributed by atoms with E-state index in [4.69, 9.17) is 11.6 Å². The van der Waals surface area contributed by atoms with Crippen LogP contribution in [0, 0.1) is 12.8 Å². The van der Waals surface area contributed by atoms with E-state index in [1.165, 1.54) is 19.4 Å². The molecule has 1 aromatic heterocycles. The van der Waals surface area contributed by atoms with E-state index in [0.29, 0.717) is 5.15 Å². The average molecular weight is 240 g/mol. The van der Waals surface area contributed by atoms with Crippen molar-refractivity contribution in [3.8, 4) is 0 Å². The predicted octanol–water partition coefficient (Wildman–Crippen LogP) is 2.67. The van der Waals surface area contributed by atoms with Gasteiger partial charge in [-0.1, -0.05) is 24.9 Å². The van der Waals surface area contributed by atoms with Gasteiger partial charge in [-0.15, -0.1) is 0 Å². The normalized spacial score (nSPS) is 21.6. The average Bonchev–Trinajstić information content (AvgIpc) is 2.64. The third-order valence-electron chi connectivity index (χ3n) is 3.18. The highest BCUT2D eigenvalue weighted by Crippen LogP contribution is 2.20. The van der Waals surface area contributed by atoms with Gasteiger partial charge >= 0.3 is 0 Å². The molecule has 3 nitrogen and oxygen atoms in total. The van der Waals surface area contributed by atoms with Crippen molar-refractivity contribution in [2.75, 3.05) is 13.1 Å². The number of rotatable bonds is 3. The van der Waals surface area contributed by atoms with Gasteiger partial charge in [0.25, 0.3) is 0 Å². The number of hydrogen-bond donors (Lipinski definition) is 0. The zero-order chi connectivity index (χ0) is 11.5. The first kappa shape index (κ1) is 11.8. The minimum absolute atomic E-state index is 0.550. The molecular formula is C12H18ClN3. The van der Waals surface area contributed by atoms with Gasteiger partial charge in [0.05, 0.1) is 6.54 Å². The maximum Gasteiger partial charge on any atom is 0.144 e. The molecule has 0 spiro atoms. The Bertz CT molecular complexity index is 347. The van der Waals surface area contributed by atoms with Crippen molar-refractivity contribution >= 4 is 11.6 Å². The lowest BCUT2D eigenvalue weighted by Gasteiger charge is -2.14. The van der Waals surface area contributed by atoms with Crippen molar-refractivity contribution in [1.82, 2.24) is 14.9 Å². The topological polar surface area (TPSA) is 29.0 Å². The van der Waals surface area contributed by atoms with E-state index in [0.717, 1.165) is 30.5 Å². The quantitative estimate of drug-likeness (QED) is 0.760. The number of aromatic nitrogens is 2. The van der Waals surface area contributed by atoms with Crippen LogP contribution in [0.15, 0.2) is 6.07 Å². The first-order chi connectivity index (χ1) is 7.67. The van der Waals surface area contributed by atoms with Gasteiger partial charge in [-0.25, -0.2) is 9.97 Å². The first-order valence-corrected chi connectivity index (χ1v) is 6.27. The second kappa shape index (κ2) is 5.11. The standard InChI is InChI=1S/C12H18ClN3/c1-3-10-4-5-16(7-10)8-12-14-9(2)6-11(13)15-12/h6,10H,3-5,7-8H2,1-2H3. The van der Waals surface area contributed by atoms with Gasteiger partial charge in [-0.2, -0.15) is 0 Å². The molecule has 1 aromatic rings. The molecule has 2 heterocycles. The van der Waals surface area contributed by atoms with Crippen LogP contribution in [0.3, 0.4) is 0 Å². The zero-order valence-electron chi connectivity index (χ0n) is 9.91. The number of nitrogens with zero attached hydrogens (tertiary/aromatic N) is 3. The van der Waals surface area contributed by atoms with E-state index in [9.17, 15) is 0 Å². The van der Waals surface area contributed by atoms with Gasteiger partial charge in [-0.05, 0) is 31.9 Å². The maximum atomic E-state index is 5.92. The highest BCUT2D eigenvalue weighted by Gasteiger charge is 2.21. The minimum atomic E-state index is 0.550. The van der Waals surface area contributed by atoms with Crippen LogP contribution in [0.5, 0.6) is 0 Å². The molecular weight excluding hydrogens is 222 g/mol. The lowest BCUT2D eigenvalue weighted by atomic mass is 10.1. The van der Waals surface area contributed by atoms with Gasteiger partial charge in [-0.3, -0.25) is 4.90 Å². The maximum absolute atomic E-state index is 5.92. The van der Waals surface area contributed by atoms with Crippen LogP contribution in [-0.4, -0.2) is 28.0 Å². The molecule has 0 N–H and O–H groups in total. The molecule has 0 aliphatic carbocycles. The van der Waals surface area contributed by atoms with E-state index in [2.05, 4.69) is 21.8 Å². The van der Waals surface area contributed by atoms with E-state index >= 15 is 0 Å². The Kier molecular flexibility index (Phi) is 3.77. The van der Waals surface area contributed by atoms with E-state index in [1.54, 1.807) is 6.07 Å². The third-order valence-corrected chi connectivity index (χ3v) is 3.38. The van der Waals surface area contributed by atoms with Crippen molar-refractivity contribution in [1.29, 1.82) is 0 Å². The summed E-state index contributed by atoms with van der Waals surface area (Å²) in [6.07, 6.45) is 2.57. The summed E-state index contributed by atoms with van der Waals surface area (Å²) in [6, 6.07) is 1.80. The Morgan fingerprint density at radius 3 is 2.94 bits per heavy atom. The molecule has 1 unspecified atom stereocenters. The van der Waals surface area contributed by atoms with Crippen LogP contribution >= 0.6 is 11.6 Å². The molecule has 0 radical (unpaired) electrons. The molecule has 1 aliphatic rings. The first-order valence-electron chi connectivity index (χ1n) is 5.89. The third kappa shape index (κ3) is 2.92. The molecule has 1 aliphatic heterocycles. The van der Waals surface area contributed by atoms with Gasteiger partial charge in [0.15, 0.2) is 0 Å². The SMILES string of the molecule is CCC1CCN(Cc2nc(C)cc(Cl)n2)C1.